The van der Waals surface area contributed by atoms with Crippen molar-refractivity contribution in [2.45, 2.75) is 39.2 Å². The molecule has 0 spiro atoms. The Labute approximate surface area is 60.7 Å². The molecule has 0 aliphatic heterocycles. The van der Waals surface area contributed by atoms with Gasteiger partial charge in [-0.15, -0.1) is 0 Å². The maximum absolute atomic E-state index is 5.31. The van der Waals surface area contributed by atoms with E-state index in [0.717, 1.165) is 16.4 Å². The third-order valence-corrected chi connectivity index (χ3v) is 1.79. The summed E-state index contributed by atoms with van der Waals surface area (Å²) in [5.74, 6) is 0. The van der Waals surface area contributed by atoms with E-state index in [1.54, 1.807) is 0 Å². The van der Waals surface area contributed by atoms with Gasteiger partial charge >= 0.3 is 0 Å². The van der Waals surface area contributed by atoms with Crippen molar-refractivity contribution in [3.8, 4) is 0 Å². The second-order valence-electron chi connectivity index (χ2n) is 2.05. The van der Waals surface area contributed by atoms with Crippen LogP contribution in [-0.2, 0) is 4.43 Å². The van der Waals surface area contributed by atoms with Crippen LogP contribution in [0.4, 0.5) is 0 Å². The minimum Gasteiger partial charge on any atom is -0.417 e. The van der Waals surface area contributed by atoms with Crippen LogP contribution in [0, 0.1) is 0 Å². The number of unbranched alkanes of at least 4 members (excludes halogenated alkanes) is 2. The van der Waals surface area contributed by atoms with Crippen LogP contribution in [0.1, 0.15) is 33.1 Å². The summed E-state index contributed by atoms with van der Waals surface area (Å²) in [7, 11) is 0.726. The van der Waals surface area contributed by atoms with E-state index in [0.29, 0.717) is 0 Å². The van der Waals surface area contributed by atoms with E-state index in [9.17, 15) is 0 Å². The summed E-state index contributed by atoms with van der Waals surface area (Å²) in [5, 5.41) is 0. The Morgan fingerprint density at radius 1 is 1.22 bits per heavy atom. The monoisotopic (exact) mass is 144 g/mol. The van der Waals surface area contributed by atoms with Gasteiger partial charge in [0.15, 0.2) is 0 Å². The number of rotatable bonds is 6. The third kappa shape index (κ3) is 8.18. The molecule has 0 aromatic carbocycles. The fourth-order valence-electron chi connectivity index (χ4n) is 0.598. The molecule has 0 aromatic heterocycles. The lowest BCUT2D eigenvalue weighted by Gasteiger charge is -1.98. The minimum atomic E-state index is 0.726. The van der Waals surface area contributed by atoms with Crippen molar-refractivity contribution in [3.05, 3.63) is 0 Å². The first-order chi connectivity index (χ1) is 4.41. The zero-order valence-corrected chi connectivity index (χ0v) is 7.44. The highest BCUT2D eigenvalue weighted by Crippen LogP contribution is 1.93. The van der Waals surface area contributed by atoms with E-state index in [-0.39, 0.29) is 0 Å². The van der Waals surface area contributed by atoms with E-state index in [1.807, 2.05) is 0 Å². The van der Waals surface area contributed by atoms with Crippen molar-refractivity contribution < 1.29 is 4.43 Å². The van der Waals surface area contributed by atoms with E-state index in [2.05, 4.69) is 13.8 Å². The zero-order valence-electron chi connectivity index (χ0n) is 6.44. The highest BCUT2D eigenvalue weighted by Gasteiger charge is 1.86. The molecule has 1 nitrogen and oxygen atoms in total. The first-order valence-electron chi connectivity index (χ1n) is 3.76. The molecule has 0 aliphatic rings. The van der Waals surface area contributed by atoms with Crippen LogP contribution < -0.4 is 0 Å². The molecular weight excluding hydrogens is 128 g/mol. The molecule has 0 atom stereocenters. The van der Waals surface area contributed by atoms with Crippen LogP contribution in [0.5, 0.6) is 0 Å². The van der Waals surface area contributed by atoms with Gasteiger partial charge in [-0.25, -0.2) is 0 Å². The van der Waals surface area contributed by atoms with Crippen LogP contribution >= 0.6 is 0 Å². The summed E-state index contributed by atoms with van der Waals surface area (Å²) < 4.78 is 5.31. The highest BCUT2D eigenvalue weighted by molar-refractivity contribution is 6.26. The zero-order chi connectivity index (χ0) is 6.95. The van der Waals surface area contributed by atoms with Gasteiger partial charge in [0.05, 0.1) is 0 Å². The van der Waals surface area contributed by atoms with Crippen molar-refractivity contribution in [1.29, 1.82) is 0 Å². The average molecular weight is 144 g/mol. The van der Waals surface area contributed by atoms with Gasteiger partial charge < -0.3 is 4.43 Å². The molecule has 0 N–H and O–H groups in total. The van der Waals surface area contributed by atoms with Gasteiger partial charge in [-0.3, -0.25) is 0 Å². The normalized spacial score (nSPS) is 10.0. The summed E-state index contributed by atoms with van der Waals surface area (Å²) in [6.45, 7) is 5.33. The molecule has 0 saturated carbocycles. The molecule has 0 aliphatic carbocycles. The quantitative estimate of drug-likeness (QED) is 0.410. The van der Waals surface area contributed by atoms with E-state index in [4.69, 9.17) is 4.43 Å². The molecule has 0 rings (SSSR count). The van der Waals surface area contributed by atoms with Crippen molar-refractivity contribution in [2.75, 3.05) is 6.61 Å². The summed E-state index contributed by atoms with van der Waals surface area (Å²) in [6, 6.07) is 1.17. The van der Waals surface area contributed by atoms with Crippen molar-refractivity contribution in [2.24, 2.45) is 0 Å². The molecule has 0 amide bonds. The van der Waals surface area contributed by atoms with Gasteiger partial charge in [0, 0.05) is 6.61 Å². The third-order valence-electron chi connectivity index (χ3n) is 1.10. The molecule has 9 heavy (non-hydrogen) atoms. The SMILES string of the molecule is CCCCCO[Si]CC. The van der Waals surface area contributed by atoms with Crippen molar-refractivity contribution >= 4 is 9.76 Å². The van der Waals surface area contributed by atoms with E-state index >= 15 is 0 Å². The first kappa shape index (κ1) is 9.18. The predicted molar refractivity (Wildman–Crippen MR) is 41.7 cm³/mol. The fraction of sp³-hybridized carbons (Fsp3) is 1.00. The van der Waals surface area contributed by atoms with Crippen LogP contribution in [0.15, 0.2) is 0 Å². The van der Waals surface area contributed by atoms with Gasteiger partial charge in [0.1, 0.15) is 0 Å². The standard InChI is InChI=1S/C7H16OSi/c1-3-5-6-7-8-9-4-2/h3-7H2,1-2H3. The highest BCUT2D eigenvalue weighted by atomic mass is 28.2. The molecule has 0 heterocycles. The lowest BCUT2D eigenvalue weighted by Crippen LogP contribution is -1.97. The van der Waals surface area contributed by atoms with Crippen LogP contribution in [-0.4, -0.2) is 16.4 Å². The van der Waals surface area contributed by atoms with Gasteiger partial charge in [-0.2, -0.15) is 0 Å². The Kier molecular flexibility index (Phi) is 8.34. The summed E-state index contributed by atoms with van der Waals surface area (Å²) in [6.07, 6.45) is 3.84. The number of hydrogen-bond donors (Lipinski definition) is 0. The molecule has 2 heteroatoms. The maximum atomic E-state index is 5.31. The van der Waals surface area contributed by atoms with Gasteiger partial charge in [0.25, 0.3) is 0 Å². The Morgan fingerprint density at radius 3 is 2.56 bits per heavy atom. The lowest BCUT2D eigenvalue weighted by atomic mass is 10.3. The second kappa shape index (κ2) is 8.18. The van der Waals surface area contributed by atoms with Crippen molar-refractivity contribution in [1.82, 2.24) is 0 Å². The molecular formula is C7H16OSi. The Bertz CT molecular complexity index is 42.2. The minimum absolute atomic E-state index is 0.726. The van der Waals surface area contributed by atoms with Gasteiger partial charge in [-0.1, -0.05) is 26.7 Å². The Balaban J connectivity index is 2.60. The molecule has 0 aromatic rings. The van der Waals surface area contributed by atoms with Crippen molar-refractivity contribution in [3.63, 3.8) is 0 Å². The molecule has 54 valence electrons. The van der Waals surface area contributed by atoms with E-state index in [1.165, 1.54) is 25.3 Å². The van der Waals surface area contributed by atoms with Gasteiger partial charge in [0.2, 0.25) is 9.76 Å². The summed E-state index contributed by atoms with van der Waals surface area (Å²) >= 11 is 0. The first-order valence-corrected chi connectivity index (χ1v) is 4.88. The van der Waals surface area contributed by atoms with Crippen LogP contribution in [0.25, 0.3) is 0 Å². The smallest absolute Gasteiger partial charge is 0.229 e. The maximum Gasteiger partial charge on any atom is 0.229 e. The molecule has 0 fully saturated rings. The number of hydrogen-bond acceptors (Lipinski definition) is 1. The van der Waals surface area contributed by atoms with Crippen LogP contribution in [0.3, 0.4) is 0 Å². The Morgan fingerprint density at radius 2 is 2.00 bits per heavy atom. The summed E-state index contributed by atoms with van der Waals surface area (Å²) in [5.41, 5.74) is 0. The topological polar surface area (TPSA) is 9.23 Å². The molecule has 0 unspecified atom stereocenters. The predicted octanol–water partition coefficient (Wildman–Crippen LogP) is 2.25. The van der Waals surface area contributed by atoms with E-state index < -0.39 is 0 Å². The summed E-state index contributed by atoms with van der Waals surface area (Å²) in [4.78, 5) is 0. The van der Waals surface area contributed by atoms with Gasteiger partial charge in [-0.05, 0) is 12.5 Å². The van der Waals surface area contributed by atoms with Crippen LogP contribution in [0.2, 0.25) is 6.04 Å². The largest absolute Gasteiger partial charge is 0.417 e. The Hall–Kier alpha value is 0.177. The average Bonchev–Trinajstić information content (AvgIpc) is 1.89. The fourth-order valence-corrected chi connectivity index (χ4v) is 1.09. The second-order valence-corrected chi connectivity index (χ2v) is 3.34. The molecule has 2 radical (unpaired) electrons. The molecule has 0 bridgehead atoms. The lowest BCUT2D eigenvalue weighted by molar-refractivity contribution is 0.323. The molecule has 0 saturated heterocycles.